The van der Waals surface area contributed by atoms with Crippen molar-refractivity contribution in [3.8, 4) is 33.4 Å². The summed E-state index contributed by atoms with van der Waals surface area (Å²) in [6.45, 7) is 0. The van der Waals surface area contributed by atoms with E-state index in [0.717, 1.165) is 21.2 Å². The van der Waals surface area contributed by atoms with Crippen molar-refractivity contribution in [3.05, 3.63) is 70.7 Å². The minimum absolute atomic E-state index is 0.103. The summed E-state index contributed by atoms with van der Waals surface area (Å²) in [5.74, 6) is 0.715. The van der Waals surface area contributed by atoms with E-state index in [1.165, 1.54) is 23.5 Å². The van der Waals surface area contributed by atoms with Crippen LogP contribution in [0.25, 0.3) is 20.7 Å². The van der Waals surface area contributed by atoms with E-state index in [1.54, 1.807) is 26.5 Å². The lowest BCUT2D eigenvalue weighted by atomic mass is 10.1. The maximum absolute atomic E-state index is 14.3. The molecule has 0 bridgehead atoms. The molecule has 0 unspecified atom stereocenters. The van der Waals surface area contributed by atoms with Crippen LogP contribution in [0.5, 0.6) is 23.0 Å². The number of hydrogen-bond acceptors (Lipinski definition) is 7. The summed E-state index contributed by atoms with van der Waals surface area (Å²) in [5, 5.41) is 10.8. The summed E-state index contributed by atoms with van der Waals surface area (Å²) in [7, 11) is 3.14. The van der Waals surface area contributed by atoms with Crippen LogP contribution in [0.15, 0.2) is 54.7 Å². The van der Waals surface area contributed by atoms with Crippen molar-refractivity contribution in [1.29, 1.82) is 0 Å². The largest absolute Gasteiger partial charge is 0.493 e. The van der Waals surface area contributed by atoms with Gasteiger partial charge in [0, 0.05) is 23.2 Å². The van der Waals surface area contributed by atoms with E-state index < -0.39 is 10.7 Å². The van der Waals surface area contributed by atoms with E-state index in [-0.39, 0.29) is 11.4 Å². The van der Waals surface area contributed by atoms with Gasteiger partial charge in [-0.05, 0) is 35.9 Å². The first-order valence-corrected chi connectivity index (χ1v) is 9.54. The number of fused-ring (bicyclic) bond motifs is 1. The lowest BCUT2D eigenvalue weighted by Gasteiger charge is -2.08. The van der Waals surface area contributed by atoms with E-state index in [1.807, 2.05) is 24.3 Å². The van der Waals surface area contributed by atoms with Crippen molar-refractivity contribution in [3.63, 3.8) is 0 Å². The molecule has 7 nitrogen and oxygen atoms in total. The number of nitrogens with zero attached hydrogens (tertiary/aromatic N) is 2. The van der Waals surface area contributed by atoms with Crippen LogP contribution in [-0.4, -0.2) is 24.1 Å². The molecule has 30 heavy (non-hydrogen) atoms. The van der Waals surface area contributed by atoms with E-state index in [9.17, 15) is 14.5 Å². The van der Waals surface area contributed by atoms with Gasteiger partial charge in [-0.3, -0.25) is 15.1 Å². The molecule has 4 rings (SSSR count). The standard InChI is InChI=1S/C21H15FN2O5S/c1-27-17-5-3-12(9-19(17)28-2)20-11-15-21(30-20)18(7-8-23-15)29-16-6-4-13(24(25)26)10-14(16)22/h3-11H,1-2H3. The van der Waals surface area contributed by atoms with Crippen LogP contribution in [-0.2, 0) is 0 Å². The summed E-state index contributed by atoms with van der Waals surface area (Å²) in [4.78, 5) is 15.4. The smallest absolute Gasteiger partial charge is 0.272 e. The summed E-state index contributed by atoms with van der Waals surface area (Å²) >= 11 is 1.43. The molecular weight excluding hydrogens is 411 g/mol. The fraction of sp³-hybridized carbons (Fsp3) is 0.0952. The van der Waals surface area contributed by atoms with Crippen LogP contribution in [0.1, 0.15) is 0 Å². The molecule has 152 valence electrons. The lowest BCUT2D eigenvalue weighted by molar-refractivity contribution is -0.385. The van der Waals surface area contributed by atoms with Crippen molar-refractivity contribution in [2.24, 2.45) is 0 Å². The zero-order valence-electron chi connectivity index (χ0n) is 15.9. The number of non-ortho nitro benzene ring substituents is 1. The van der Waals surface area contributed by atoms with Gasteiger partial charge in [0.05, 0.1) is 35.4 Å². The van der Waals surface area contributed by atoms with Crippen LogP contribution in [0.3, 0.4) is 0 Å². The monoisotopic (exact) mass is 426 g/mol. The average Bonchev–Trinajstić information content (AvgIpc) is 3.19. The number of ether oxygens (including phenoxy) is 3. The van der Waals surface area contributed by atoms with E-state index >= 15 is 0 Å². The van der Waals surface area contributed by atoms with Crippen molar-refractivity contribution in [2.45, 2.75) is 0 Å². The van der Waals surface area contributed by atoms with Gasteiger partial charge in [-0.25, -0.2) is 4.39 Å². The molecule has 0 aliphatic heterocycles. The van der Waals surface area contributed by atoms with E-state index in [2.05, 4.69) is 4.98 Å². The van der Waals surface area contributed by atoms with Crippen LogP contribution in [0, 0.1) is 15.9 Å². The number of benzene rings is 2. The Kier molecular flexibility index (Phi) is 5.20. The SMILES string of the molecule is COc1ccc(-c2cc3nccc(Oc4ccc([N+](=O)[O-])cc4F)c3s2)cc1OC. The maximum atomic E-state index is 14.3. The Bertz CT molecular complexity index is 1260. The topological polar surface area (TPSA) is 83.7 Å². The minimum atomic E-state index is -0.814. The molecule has 2 aromatic heterocycles. The number of methoxy groups -OCH3 is 2. The van der Waals surface area contributed by atoms with Gasteiger partial charge in [-0.1, -0.05) is 0 Å². The van der Waals surface area contributed by atoms with Crippen LogP contribution < -0.4 is 14.2 Å². The fourth-order valence-corrected chi connectivity index (χ4v) is 3.99. The van der Waals surface area contributed by atoms with Crippen molar-refractivity contribution in [2.75, 3.05) is 14.2 Å². The Hall–Kier alpha value is -3.72. The minimum Gasteiger partial charge on any atom is -0.493 e. The molecule has 0 saturated carbocycles. The van der Waals surface area contributed by atoms with Gasteiger partial charge in [0.15, 0.2) is 23.1 Å². The molecule has 4 aromatic rings. The molecule has 2 aromatic carbocycles. The predicted molar refractivity (Wildman–Crippen MR) is 111 cm³/mol. The first-order chi connectivity index (χ1) is 14.5. The number of aromatic nitrogens is 1. The molecule has 0 fully saturated rings. The van der Waals surface area contributed by atoms with Gasteiger partial charge in [0.1, 0.15) is 5.75 Å². The number of pyridine rings is 1. The van der Waals surface area contributed by atoms with Gasteiger partial charge in [-0.15, -0.1) is 11.3 Å². The van der Waals surface area contributed by atoms with Crippen LogP contribution in [0.2, 0.25) is 0 Å². The summed E-state index contributed by atoms with van der Waals surface area (Å²) < 4.78 is 31.3. The van der Waals surface area contributed by atoms with Gasteiger partial charge in [0.25, 0.3) is 5.69 Å². The van der Waals surface area contributed by atoms with E-state index in [4.69, 9.17) is 14.2 Å². The molecule has 9 heteroatoms. The first kappa shape index (κ1) is 19.6. The maximum Gasteiger partial charge on any atom is 0.272 e. The molecular formula is C21H15FN2O5S. The molecule has 0 spiro atoms. The molecule has 2 heterocycles. The van der Waals surface area contributed by atoms with Crippen molar-refractivity contribution >= 4 is 27.2 Å². The Balaban J connectivity index is 1.72. The summed E-state index contributed by atoms with van der Waals surface area (Å²) in [5.41, 5.74) is 1.25. The Morgan fingerprint density at radius 3 is 2.43 bits per heavy atom. The van der Waals surface area contributed by atoms with Crippen LogP contribution >= 0.6 is 11.3 Å². The first-order valence-electron chi connectivity index (χ1n) is 8.73. The third kappa shape index (κ3) is 3.62. The second kappa shape index (κ2) is 7.96. The molecule has 0 radical (unpaired) electrons. The molecule has 0 atom stereocenters. The number of nitro groups is 1. The zero-order valence-corrected chi connectivity index (χ0v) is 16.7. The quantitative estimate of drug-likeness (QED) is 0.285. The van der Waals surface area contributed by atoms with Crippen molar-refractivity contribution in [1.82, 2.24) is 4.98 Å². The van der Waals surface area contributed by atoms with Gasteiger partial charge in [0.2, 0.25) is 0 Å². The third-order valence-electron chi connectivity index (χ3n) is 4.39. The Labute approximate surface area is 174 Å². The molecule has 0 aliphatic rings. The zero-order chi connectivity index (χ0) is 21.3. The van der Waals surface area contributed by atoms with Gasteiger partial charge < -0.3 is 14.2 Å². The van der Waals surface area contributed by atoms with Crippen LogP contribution in [0.4, 0.5) is 10.1 Å². The van der Waals surface area contributed by atoms with Crippen molar-refractivity contribution < 1.29 is 23.5 Å². The third-order valence-corrected chi connectivity index (χ3v) is 5.58. The predicted octanol–water partition coefficient (Wildman–Crippen LogP) is 5.82. The van der Waals surface area contributed by atoms with Gasteiger partial charge in [-0.2, -0.15) is 0 Å². The number of thiophene rings is 1. The average molecular weight is 426 g/mol. The lowest BCUT2D eigenvalue weighted by Crippen LogP contribution is -1.92. The number of nitro benzene ring substituents is 1. The highest BCUT2D eigenvalue weighted by atomic mass is 32.1. The Morgan fingerprint density at radius 1 is 0.967 bits per heavy atom. The molecule has 0 N–H and O–H groups in total. The highest BCUT2D eigenvalue weighted by Crippen LogP contribution is 2.41. The number of hydrogen-bond donors (Lipinski definition) is 0. The second-order valence-electron chi connectivity index (χ2n) is 6.18. The highest BCUT2D eigenvalue weighted by molar-refractivity contribution is 7.22. The number of halogens is 1. The fourth-order valence-electron chi connectivity index (χ4n) is 2.93. The highest BCUT2D eigenvalue weighted by Gasteiger charge is 2.16. The molecule has 0 aliphatic carbocycles. The second-order valence-corrected chi connectivity index (χ2v) is 7.23. The number of rotatable bonds is 6. The van der Waals surface area contributed by atoms with Gasteiger partial charge >= 0.3 is 0 Å². The molecule has 0 amide bonds. The summed E-state index contributed by atoms with van der Waals surface area (Å²) in [6.07, 6.45) is 1.56. The normalized spacial score (nSPS) is 10.8. The Morgan fingerprint density at radius 2 is 1.73 bits per heavy atom. The van der Waals surface area contributed by atoms with E-state index in [0.29, 0.717) is 22.8 Å². The summed E-state index contributed by atoms with van der Waals surface area (Å²) in [6, 6.07) is 12.4. The molecule has 0 saturated heterocycles.